The Bertz CT molecular complexity index is 492. The molecule has 1 aromatic rings. The monoisotopic (exact) mass is 275 g/mol. The van der Waals surface area contributed by atoms with Crippen LogP contribution in [0.25, 0.3) is 0 Å². The highest BCUT2D eigenvalue weighted by atomic mass is 16.5. The lowest BCUT2D eigenvalue weighted by Crippen LogP contribution is -2.41. The molecule has 4 nitrogen and oxygen atoms in total. The molecular weight excluding hydrogens is 254 g/mol. The Labute approximate surface area is 119 Å². The van der Waals surface area contributed by atoms with Crippen LogP contribution in [-0.2, 0) is 4.79 Å². The molecule has 1 aliphatic carbocycles. The van der Waals surface area contributed by atoms with E-state index in [1.54, 1.807) is 31.2 Å². The van der Waals surface area contributed by atoms with Crippen LogP contribution >= 0.6 is 0 Å². The Morgan fingerprint density at radius 3 is 2.65 bits per heavy atom. The molecule has 1 N–H and O–H groups in total. The van der Waals surface area contributed by atoms with Crippen LogP contribution in [0.4, 0.5) is 0 Å². The van der Waals surface area contributed by atoms with Gasteiger partial charge in [-0.3, -0.25) is 9.59 Å². The zero-order valence-corrected chi connectivity index (χ0v) is 12.0. The summed E-state index contributed by atoms with van der Waals surface area (Å²) in [6.45, 7) is 3.24. The van der Waals surface area contributed by atoms with E-state index in [2.05, 4.69) is 5.32 Å². The maximum atomic E-state index is 12.0. The van der Waals surface area contributed by atoms with Gasteiger partial charge < -0.3 is 10.1 Å². The van der Waals surface area contributed by atoms with Gasteiger partial charge in [0.15, 0.2) is 11.9 Å². The SMILES string of the molecule is CC(=O)c1cccc(OC(C)C(=O)NC2CCCC2)c1. The van der Waals surface area contributed by atoms with Gasteiger partial charge in [0, 0.05) is 11.6 Å². The first-order valence-corrected chi connectivity index (χ1v) is 7.14. The third-order valence-electron chi connectivity index (χ3n) is 3.62. The van der Waals surface area contributed by atoms with Crippen LogP contribution in [-0.4, -0.2) is 23.8 Å². The Balaban J connectivity index is 1.92. The zero-order chi connectivity index (χ0) is 14.5. The Kier molecular flexibility index (Phi) is 4.77. The van der Waals surface area contributed by atoms with Crippen LogP contribution in [0.15, 0.2) is 24.3 Å². The molecule has 1 atom stereocenters. The Morgan fingerprint density at radius 1 is 1.30 bits per heavy atom. The standard InChI is InChI=1S/C16H21NO3/c1-11(18)13-6-5-9-15(10-13)20-12(2)16(19)17-14-7-3-4-8-14/h5-6,9-10,12,14H,3-4,7-8H2,1-2H3,(H,17,19). The minimum atomic E-state index is -0.558. The van der Waals surface area contributed by atoms with E-state index in [0.29, 0.717) is 11.3 Å². The van der Waals surface area contributed by atoms with Crippen molar-refractivity contribution in [2.75, 3.05) is 0 Å². The first kappa shape index (κ1) is 14.6. The normalized spacial score (nSPS) is 16.7. The second-order valence-electron chi connectivity index (χ2n) is 5.33. The number of nitrogens with one attached hydrogen (secondary N) is 1. The molecule has 108 valence electrons. The van der Waals surface area contributed by atoms with Crippen LogP contribution in [0, 0.1) is 0 Å². The Hall–Kier alpha value is -1.84. The van der Waals surface area contributed by atoms with Crippen LogP contribution < -0.4 is 10.1 Å². The highest BCUT2D eigenvalue weighted by molar-refractivity contribution is 5.94. The van der Waals surface area contributed by atoms with Gasteiger partial charge in [-0.2, -0.15) is 0 Å². The number of benzene rings is 1. The lowest BCUT2D eigenvalue weighted by atomic mass is 10.1. The van der Waals surface area contributed by atoms with Crippen molar-refractivity contribution >= 4 is 11.7 Å². The number of amides is 1. The predicted molar refractivity (Wildman–Crippen MR) is 76.9 cm³/mol. The highest BCUT2D eigenvalue weighted by Gasteiger charge is 2.21. The predicted octanol–water partition coefficient (Wildman–Crippen LogP) is 2.72. The summed E-state index contributed by atoms with van der Waals surface area (Å²) in [6.07, 6.45) is 3.91. The quantitative estimate of drug-likeness (QED) is 0.841. The van der Waals surface area contributed by atoms with E-state index in [1.165, 1.54) is 19.8 Å². The summed E-state index contributed by atoms with van der Waals surface area (Å²) in [6, 6.07) is 7.21. The van der Waals surface area contributed by atoms with Crippen molar-refractivity contribution < 1.29 is 14.3 Å². The number of rotatable bonds is 5. The summed E-state index contributed by atoms with van der Waals surface area (Å²) < 4.78 is 5.61. The summed E-state index contributed by atoms with van der Waals surface area (Å²) in [5.74, 6) is 0.440. The minimum Gasteiger partial charge on any atom is -0.481 e. The molecule has 0 heterocycles. The number of carbonyl (C=O) groups excluding carboxylic acids is 2. The van der Waals surface area contributed by atoms with Crippen LogP contribution in [0.2, 0.25) is 0 Å². The van der Waals surface area contributed by atoms with E-state index in [1.807, 2.05) is 0 Å². The molecule has 1 fully saturated rings. The minimum absolute atomic E-state index is 0.0153. The Morgan fingerprint density at radius 2 is 2.00 bits per heavy atom. The fourth-order valence-corrected chi connectivity index (χ4v) is 2.43. The lowest BCUT2D eigenvalue weighted by Gasteiger charge is -2.18. The second-order valence-corrected chi connectivity index (χ2v) is 5.33. The van der Waals surface area contributed by atoms with Gasteiger partial charge in [-0.25, -0.2) is 0 Å². The molecule has 0 aromatic heterocycles. The maximum absolute atomic E-state index is 12.0. The average Bonchev–Trinajstić information content (AvgIpc) is 2.91. The van der Waals surface area contributed by atoms with Gasteiger partial charge in [-0.1, -0.05) is 25.0 Å². The van der Waals surface area contributed by atoms with Gasteiger partial charge in [-0.05, 0) is 38.8 Å². The van der Waals surface area contributed by atoms with Crippen LogP contribution in [0.3, 0.4) is 0 Å². The van der Waals surface area contributed by atoms with Crippen molar-refractivity contribution in [3.8, 4) is 5.75 Å². The van der Waals surface area contributed by atoms with Crippen molar-refractivity contribution in [1.29, 1.82) is 0 Å². The second kappa shape index (κ2) is 6.55. The van der Waals surface area contributed by atoms with E-state index in [-0.39, 0.29) is 17.7 Å². The molecule has 0 bridgehead atoms. The number of carbonyl (C=O) groups is 2. The maximum Gasteiger partial charge on any atom is 0.260 e. The van der Waals surface area contributed by atoms with Gasteiger partial charge in [0.25, 0.3) is 5.91 Å². The molecule has 0 spiro atoms. The molecule has 2 rings (SSSR count). The first-order valence-electron chi connectivity index (χ1n) is 7.14. The van der Waals surface area contributed by atoms with Crippen molar-refractivity contribution in [2.45, 2.75) is 51.7 Å². The van der Waals surface area contributed by atoms with Gasteiger partial charge in [0.2, 0.25) is 0 Å². The molecule has 1 amide bonds. The van der Waals surface area contributed by atoms with E-state index < -0.39 is 6.10 Å². The van der Waals surface area contributed by atoms with Gasteiger partial charge in [0.1, 0.15) is 5.75 Å². The summed E-state index contributed by atoms with van der Waals surface area (Å²) in [5.41, 5.74) is 0.589. The summed E-state index contributed by atoms with van der Waals surface area (Å²) in [7, 11) is 0. The molecule has 1 unspecified atom stereocenters. The number of ketones is 1. The van der Waals surface area contributed by atoms with E-state index in [4.69, 9.17) is 4.74 Å². The topological polar surface area (TPSA) is 55.4 Å². The molecular formula is C16H21NO3. The third-order valence-corrected chi connectivity index (χ3v) is 3.62. The van der Waals surface area contributed by atoms with Gasteiger partial charge >= 0.3 is 0 Å². The van der Waals surface area contributed by atoms with Crippen molar-refractivity contribution in [3.63, 3.8) is 0 Å². The van der Waals surface area contributed by atoms with Crippen LogP contribution in [0.5, 0.6) is 5.75 Å². The molecule has 1 aliphatic rings. The van der Waals surface area contributed by atoms with Crippen molar-refractivity contribution in [2.24, 2.45) is 0 Å². The number of hydrogen-bond acceptors (Lipinski definition) is 3. The number of hydrogen-bond donors (Lipinski definition) is 1. The summed E-state index contributed by atoms with van der Waals surface area (Å²) in [5, 5.41) is 3.01. The van der Waals surface area contributed by atoms with E-state index in [9.17, 15) is 9.59 Å². The van der Waals surface area contributed by atoms with Gasteiger partial charge in [0.05, 0.1) is 0 Å². The molecule has 1 aromatic carbocycles. The largest absolute Gasteiger partial charge is 0.481 e. The first-order chi connectivity index (χ1) is 9.56. The number of ether oxygens (including phenoxy) is 1. The molecule has 1 saturated carbocycles. The fraction of sp³-hybridized carbons (Fsp3) is 0.500. The molecule has 4 heteroatoms. The lowest BCUT2D eigenvalue weighted by molar-refractivity contribution is -0.127. The summed E-state index contributed by atoms with van der Waals surface area (Å²) in [4.78, 5) is 23.3. The zero-order valence-electron chi connectivity index (χ0n) is 12.0. The van der Waals surface area contributed by atoms with Crippen molar-refractivity contribution in [1.82, 2.24) is 5.32 Å². The molecule has 0 radical (unpaired) electrons. The van der Waals surface area contributed by atoms with Crippen LogP contribution in [0.1, 0.15) is 49.9 Å². The molecule has 0 saturated heterocycles. The van der Waals surface area contributed by atoms with E-state index in [0.717, 1.165) is 12.8 Å². The molecule has 0 aliphatic heterocycles. The highest BCUT2D eigenvalue weighted by Crippen LogP contribution is 2.19. The third kappa shape index (κ3) is 3.83. The van der Waals surface area contributed by atoms with Gasteiger partial charge in [-0.15, -0.1) is 0 Å². The molecule has 20 heavy (non-hydrogen) atoms. The smallest absolute Gasteiger partial charge is 0.260 e. The average molecular weight is 275 g/mol. The van der Waals surface area contributed by atoms with Crippen molar-refractivity contribution in [3.05, 3.63) is 29.8 Å². The van der Waals surface area contributed by atoms with E-state index >= 15 is 0 Å². The number of Topliss-reactive ketones (excluding diaryl/α,β-unsaturated/α-hetero) is 1. The fourth-order valence-electron chi connectivity index (χ4n) is 2.43. The summed E-state index contributed by atoms with van der Waals surface area (Å²) >= 11 is 0.